The molecule has 0 aliphatic heterocycles. The molecule has 246 valence electrons. The topological polar surface area (TPSA) is 144 Å². The third-order valence-corrected chi connectivity index (χ3v) is 13.2. The third-order valence-electron chi connectivity index (χ3n) is 10.9. The first-order chi connectivity index (χ1) is 21.7. The number of amides is 4. The highest BCUT2D eigenvalue weighted by Gasteiger charge is 2.36. The van der Waals surface area contributed by atoms with E-state index in [1.165, 1.54) is 28.7 Å². The molecular weight excluding hydrogens is 617 g/mol. The summed E-state index contributed by atoms with van der Waals surface area (Å²) >= 11 is 2.84. The van der Waals surface area contributed by atoms with Crippen LogP contribution in [0.5, 0.6) is 0 Å². The van der Waals surface area contributed by atoms with Gasteiger partial charge >= 0.3 is 0 Å². The molecule has 2 aliphatic carbocycles. The van der Waals surface area contributed by atoms with Crippen LogP contribution in [0.4, 0.5) is 10.0 Å². The van der Waals surface area contributed by atoms with Gasteiger partial charge in [0.1, 0.15) is 10.0 Å². The highest BCUT2D eigenvalue weighted by atomic mass is 32.1. The van der Waals surface area contributed by atoms with Gasteiger partial charge in [0.05, 0.1) is 11.1 Å². The summed E-state index contributed by atoms with van der Waals surface area (Å²) in [5, 5.41) is 6.73. The fraction of sp³-hybridized carbons (Fsp3) is 0.500. The van der Waals surface area contributed by atoms with Crippen molar-refractivity contribution in [2.24, 2.45) is 34.1 Å². The lowest BCUT2D eigenvalue weighted by Gasteiger charge is -2.36. The molecule has 1 aromatic carbocycles. The van der Waals surface area contributed by atoms with Crippen LogP contribution in [0.2, 0.25) is 0 Å². The van der Waals surface area contributed by atoms with Crippen LogP contribution in [-0.4, -0.2) is 23.6 Å². The maximum atomic E-state index is 13.5. The van der Waals surface area contributed by atoms with Crippen molar-refractivity contribution in [3.8, 4) is 0 Å². The number of thiophene rings is 2. The Kier molecular flexibility index (Phi) is 9.53. The Bertz CT molecular complexity index is 1580. The molecule has 2 unspecified atom stereocenters. The van der Waals surface area contributed by atoms with Crippen LogP contribution in [0.3, 0.4) is 0 Å². The van der Waals surface area contributed by atoms with Crippen molar-refractivity contribution in [3.63, 3.8) is 0 Å². The molecule has 0 fully saturated rings. The zero-order valence-corrected chi connectivity index (χ0v) is 29.4. The monoisotopic (exact) mass is 662 g/mol. The SMILES string of the molecule is CCC(C)(C)C1CCc2c(sc(NC(=O)c3cccc(C(=O)Nc4sc5c(c4C(N)=O)CCC(C(C)(C)CC)C5)c3)c2C(N)=O)C1. The van der Waals surface area contributed by atoms with Crippen molar-refractivity contribution in [2.75, 3.05) is 10.6 Å². The minimum absolute atomic E-state index is 0.175. The smallest absolute Gasteiger partial charge is 0.256 e. The van der Waals surface area contributed by atoms with E-state index in [1.807, 2.05) is 0 Å². The first kappa shape index (κ1) is 33.9. The van der Waals surface area contributed by atoms with Gasteiger partial charge in [-0.05, 0) is 90.5 Å². The molecule has 10 heteroatoms. The number of fused-ring (bicyclic) bond motifs is 2. The van der Waals surface area contributed by atoms with E-state index >= 15 is 0 Å². The molecule has 2 atom stereocenters. The zero-order valence-electron chi connectivity index (χ0n) is 27.7. The van der Waals surface area contributed by atoms with Crippen molar-refractivity contribution >= 4 is 56.3 Å². The van der Waals surface area contributed by atoms with Gasteiger partial charge in [0, 0.05) is 20.9 Å². The quantitative estimate of drug-likeness (QED) is 0.177. The molecule has 3 aromatic rings. The summed E-state index contributed by atoms with van der Waals surface area (Å²) in [6.45, 7) is 13.5. The summed E-state index contributed by atoms with van der Waals surface area (Å²) in [7, 11) is 0. The second-order valence-electron chi connectivity index (χ2n) is 14.2. The van der Waals surface area contributed by atoms with Gasteiger partial charge in [0.25, 0.3) is 23.6 Å². The van der Waals surface area contributed by atoms with Crippen LogP contribution in [-0.2, 0) is 25.7 Å². The molecule has 5 rings (SSSR count). The first-order valence-electron chi connectivity index (χ1n) is 16.3. The number of nitrogens with two attached hydrogens (primary N) is 2. The Morgan fingerprint density at radius 2 is 1.13 bits per heavy atom. The number of carbonyl (C=O) groups is 4. The maximum absolute atomic E-state index is 13.5. The van der Waals surface area contributed by atoms with Crippen molar-refractivity contribution in [1.82, 2.24) is 0 Å². The molecule has 0 spiro atoms. The van der Waals surface area contributed by atoms with Gasteiger partial charge in [0.15, 0.2) is 0 Å². The number of hydrogen-bond acceptors (Lipinski definition) is 6. The van der Waals surface area contributed by atoms with Crippen LogP contribution in [0, 0.1) is 22.7 Å². The fourth-order valence-electron chi connectivity index (χ4n) is 6.93. The van der Waals surface area contributed by atoms with E-state index in [9.17, 15) is 19.2 Å². The van der Waals surface area contributed by atoms with Gasteiger partial charge in [-0.2, -0.15) is 0 Å². The molecule has 4 amide bonds. The Labute approximate surface area is 279 Å². The lowest BCUT2D eigenvalue weighted by atomic mass is 9.69. The minimum Gasteiger partial charge on any atom is -0.365 e. The maximum Gasteiger partial charge on any atom is 0.256 e. The van der Waals surface area contributed by atoms with Crippen LogP contribution in [0.25, 0.3) is 0 Å². The van der Waals surface area contributed by atoms with E-state index in [4.69, 9.17) is 11.5 Å². The Morgan fingerprint density at radius 1 is 0.739 bits per heavy atom. The van der Waals surface area contributed by atoms with E-state index < -0.39 is 23.6 Å². The standard InChI is InChI=1S/C36H46N4O4S2/c1-7-35(3,4)21-12-14-23-25(17-21)45-33(27(23)29(37)41)39-31(43)19-10-9-11-20(16-19)32(44)40-34-28(30(38)42)24-15-13-22(18-26(24)46-34)36(5,6)8-2/h9-11,16,21-22H,7-8,12-15,17-18H2,1-6H3,(H2,37,41)(H2,38,42)(H,39,43)(H,40,44). The molecule has 2 aliphatic rings. The fourth-order valence-corrected chi connectivity index (χ4v) is 9.59. The Balaban J connectivity index is 1.35. The predicted octanol–water partition coefficient (Wildman–Crippen LogP) is 7.59. The molecule has 2 heterocycles. The highest BCUT2D eigenvalue weighted by Crippen LogP contribution is 2.47. The summed E-state index contributed by atoms with van der Waals surface area (Å²) < 4.78 is 0. The van der Waals surface area contributed by atoms with Crippen molar-refractivity contribution in [3.05, 3.63) is 67.4 Å². The minimum atomic E-state index is -0.553. The van der Waals surface area contributed by atoms with Gasteiger partial charge in [0.2, 0.25) is 0 Å². The first-order valence-corrected chi connectivity index (χ1v) is 17.9. The summed E-state index contributed by atoms with van der Waals surface area (Å²) in [4.78, 5) is 54.2. The van der Waals surface area contributed by atoms with Crippen molar-refractivity contribution < 1.29 is 19.2 Å². The molecular formula is C36H46N4O4S2. The highest BCUT2D eigenvalue weighted by molar-refractivity contribution is 7.17. The molecule has 0 saturated heterocycles. The van der Waals surface area contributed by atoms with E-state index in [0.717, 1.165) is 72.2 Å². The molecule has 46 heavy (non-hydrogen) atoms. The Hall–Kier alpha value is -3.50. The van der Waals surface area contributed by atoms with Crippen LogP contribution >= 0.6 is 22.7 Å². The normalized spacial score (nSPS) is 18.0. The number of benzene rings is 1. The van der Waals surface area contributed by atoms with Gasteiger partial charge in [-0.15, -0.1) is 22.7 Å². The molecule has 0 radical (unpaired) electrons. The third kappa shape index (κ3) is 6.51. The number of primary amides is 2. The molecule has 2 aromatic heterocycles. The van der Waals surface area contributed by atoms with E-state index in [-0.39, 0.29) is 22.0 Å². The number of anilines is 2. The van der Waals surface area contributed by atoms with Gasteiger partial charge in [-0.25, -0.2) is 0 Å². The molecule has 0 saturated carbocycles. The predicted molar refractivity (Wildman–Crippen MR) is 187 cm³/mol. The number of rotatable bonds is 10. The largest absolute Gasteiger partial charge is 0.365 e. The lowest BCUT2D eigenvalue weighted by molar-refractivity contribution is 0.0989. The molecule has 8 nitrogen and oxygen atoms in total. The van der Waals surface area contributed by atoms with Crippen molar-refractivity contribution in [1.29, 1.82) is 0 Å². The van der Waals surface area contributed by atoms with Gasteiger partial charge in [-0.1, -0.05) is 60.5 Å². The summed E-state index contributed by atoms with van der Waals surface area (Å²) in [6.07, 6.45) is 7.26. The lowest BCUT2D eigenvalue weighted by Crippen LogP contribution is -2.29. The summed E-state index contributed by atoms with van der Waals surface area (Å²) in [5.74, 6) is -1.01. The zero-order chi connectivity index (χ0) is 33.6. The van der Waals surface area contributed by atoms with Crippen LogP contribution in [0.1, 0.15) is 130 Å². The van der Waals surface area contributed by atoms with Gasteiger partial charge < -0.3 is 22.1 Å². The second kappa shape index (κ2) is 13.0. The van der Waals surface area contributed by atoms with Crippen LogP contribution < -0.4 is 22.1 Å². The average Bonchev–Trinajstić information content (AvgIpc) is 3.57. The van der Waals surface area contributed by atoms with Crippen molar-refractivity contribution in [2.45, 2.75) is 92.9 Å². The second-order valence-corrected chi connectivity index (χ2v) is 16.4. The number of carbonyl (C=O) groups excluding carboxylic acids is 4. The number of nitrogens with one attached hydrogen (secondary N) is 2. The van der Waals surface area contributed by atoms with E-state index in [0.29, 0.717) is 33.0 Å². The number of hydrogen-bond donors (Lipinski definition) is 4. The van der Waals surface area contributed by atoms with Gasteiger partial charge in [-0.3, -0.25) is 19.2 Å². The summed E-state index contributed by atoms with van der Waals surface area (Å²) in [6, 6.07) is 6.40. The average molecular weight is 663 g/mol. The van der Waals surface area contributed by atoms with Crippen LogP contribution in [0.15, 0.2) is 24.3 Å². The van der Waals surface area contributed by atoms with E-state index in [2.05, 4.69) is 52.2 Å². The summed E-state index contributed by atoms with van der Waals surface area (Å²) in [5.41, 5.74) is 15.2. The van der Waals surface area contributed by atoms with E-state index in [1.54, 1.807) is 18.2 Å². The molecule has 0 bridgehead atoms. The molecule has 6 N–H and O–H groups in total. The Morgan fingerprint density at radius 3 is 1.48 bits per heavy atom.